The van der Waals surface area contributed by atoms with Crippen LogP contribution in [0.2, 0.25) is 0 Å². The molecule has 17 heavy (non-hydrogen) atoms. The highest BCUT2D eigenvalue weighted by molar-refractivity contribution is 9.11. The minimum atomic E-state index is 0.887. The zero-order valence-corrected chi connectivity index (χ0v) is 12.8. The molecule has 4 heteroatoms. The molecule has 1 fully saturated rings. The molecule has 1 saturated heterocycles. The number of thiophene rings is 1. The lowest BCUT2D eigenvalue weighted by atomic mass is 9.97. The molecule has 1 aliphatic rings. The number of hydrogen-bond donors (Lipinski definition) is 1. The van der Waals surface area contributed by atoms with Crippen molar-refractivity contribution < 1.29 is 0 Å². The molecule has 1 aliphatic heterocycles. The van der Waals surface area contributed by atoms with E-state index in [-0.39, 0.29) is 0 Å². The summed E-state index contributed by atoms with van der Waals surface area (Å²) >= 11 is 5.32. The maximum absolute atomic E-state index is 3.53. The fraction of sp³-hybridized carbons (Fsp3) is 0.692. The molecule has 0 atom stereocenters. The topological polar surface area (TPSA) is 15.3 Å². The van der Waals surface area contributed by atoms with Crippen LogP contribution in [0.25, 0.3) is 0 Å². The van der Waals surface area contributed by atoms with Crippen LogP contribution in [-0.4, -0.2) is 31.1 Å². The second kappa shape index (κ2) is 6.88. The van der Waals surface area contributed by atoms with Gasteiger partial charge in [0.1, 0.15) is 0 Å². The number of hydrogen-bond acceptors (Lipinski definition) is 3. The van der Waals surface area contributed by atoms with Gasteiger partial charge in [0.15, 0.2) is 0 Å². The van der Waals surface area contributed by atoms with E-state index in [1.54, 1.807) is 11.3 Å². The highest BCUT2D eigenvalue weighted by Crippen LogP contribution is 2.22. The highest BCUT2D eigenvalue weighted by atomic mass is 79.9. The fourth-order valence-electron chi connectivity index (χ4n) is 2.42. The molecule has 96 valence electrons. The SMILES string of the molecule is CCN(Cc1csc(Br)c1)CC1CCNCC1. The van der Waals surface area contributed by atoms with E-state index in [2.05, 4.69) is 44.5 Å². The molecule has 1 aromatic rings. The monoisotopic (exact) mass is 316 g/mol. The number of nitrogens with zero attached hydrogens (tertiary/aromatic N) is 1. The first-order valence-corrected chi connectivity index (χ1v) is 8.11. The Morgan fingerprint density at radius 1 is 1.47 bits per heavy atom. The van der Waals surface area contributed by atoms with Crippen molar-refractivity contribution in [3.05, 3.63) is 20.8 Å². The lowest BCUT2D eigenvalue weighted by Crippen LogP contribution is -2.35. The Balaban J connectivity index is 1.83. The Bertz CT molecular complexity index is 334. The number of piperidine rings is 1. The van der Waals surface area contributed by atoms with Gasteiger partial charge in [0.25, 0.3) is 0 Å². The maximum atomic E-state index is 3.53. The Morgan fingerprint density at radius 2 is 2.24 bits per heavy atom. The molecule has 0 spiro atoms. The average molecular weight is 317 g/mol. The number of rotatable bonds is 5. The van der Waals surface area contributed by atoms with Gasteiger partial charge >= 0.3 is 0 Å². The van der Waals surface area contributed by atoms with Crippen LogP contribution >= 0.6 is 27.3 Å². The van der Waals surface area contributed by atoms with Crippen molar-refractivity contribution >= 4 is 27.3 Å². The van der Waals surface area contributed by atoms with Gasteiger partial charge in [-0.25, -0.2) is 0 Å². The van der Waals surface area contributed by atoms with Crippen molar-refractivity contribution in [1.29, 1.82) is 0 Å². The Hall–Kier alpha value is 0.1000. The van der Waals surface area contributed by atoms with Crippen LogP contribution in [0.15, 0.2) is 15.2 Å². The van der Waals surface area contributed by atoms with Gasteiger partial charge in [0.2, 0.25) is 0 Å². The summed E-state index contributed by atoms with van der Waals surface area (Å²) in [6.07, 6.45) is 2.67. The first-order chi connectivity index (χ1) is 8.28. The molecule has 1 N–H and O–H groups in total. The lowest BCUT2D eigenvalue weighted by molar-refractivity contribution is 0.207. The minimum Gasteiger partial charge on any atom is -0.317 e. The molecule has 0 saturated carbocycles. The van der Waals surface area contributed by atoms with E-state index < -0.39 is 0 Å². The Labute approximate surface area is 117 Å². The second-order valence-corrected chi connectivity index (χ2v) is 7.07. The van der Waals surface area contributed by atoms with Gasteiger partial charge in [-0.1, -0.05) is 6.92 Å². The summed E-state index contributed by atoms with van der Waals surface area (Å²) in [5, 5.41) is 5.70. The summed E-state index contributed by atoms with van der Waals surface area (Å²) < 4.78 is 1.24. The van der Waals surface area contributed by atoms with Crippen LogP contribution < -0.4 is 5.32 Å². The zero-order chi connectivity index (χ0) is 12.1. The Morgan fingerprint density at radius 3 is 2.82 bits per heavy atom. The van der Waals surface area contributed by atoms with Gasteiger partial charge in [0, 0.05) is 13.1 Å². The molecule has 2 rings (SSSR count). The number of halogens is 1. The highest BCUT2D eigenvalue weighted by Gasteiger charge is 2.16. The molecular weight excluding hydrogens is 296 g/mol. The fourth-order valence-corrected chi connectivity index (χ4v) is 3.62. The summed E-state index contributed by atoms with van der Waals surface area (Å²) in [4.78, 5) is 2.57. The van der Waals surface area contributed by atoms with Gasteiger partial charge in [-0.15, -0.1) is 11.3 Å². The van der Waals surface area contributed by atoms with Crippen LogP contribution in [0, 0.1) is 5.92 Å². The normalized spacial score (nSPS) is 17.8. The van der Waals surface area contributed by atoms with Gasteiger partial charge in [-0.3, -0.25) is 4.90 Å². The number of nitrogens with one attached hydrogen (secondary N) is 1. The third kappa shape index (κ3) is 4.36. The van der Waals surface area contributed by atoms with E-state index in [9.17, 15) is 0 Å². The van der Waals surface area contributed by atoms with E-state index >= 15 is 0 Å². The van der Waals surface area contributed by atoms with Crippen molar-refractivity contribution in [3.63, 3.8) is 0 Å². The minimum absolute atomic E-state index is 0.887. The molecule has 1 aromatic heterocycles. The summed E-state index contributed by atoms with van der Waals surface area (Å²) in [5.41, 5.74) is 1.44. The zero-order valence-electron chi connectivity index (χ0n) is 10.4. The van der Waals surface area contributed by atoms with E-state index in [1.807, 2.05) is 0 Å². The van der Waals surface area contributed by atoms with Crippen LogP contribution in [0.5, 0.6) is 0 Å². The van der Waals surface area contributed by atoms with E-state index in [4.69, 9.17) is 0 Å². The molecule has 0 aliphatic carbocycles. The van der Waals surface area contributed by atoms with Crippen LogP contribution in [0.1, 0.15) is 25.3 Å². The van der Waals surface area contributed by atoms with E-state index in [0.29, 0.717) is 0 Å². The third-order valence-corrected chi connectivity index (χ3v) is 5.00. The largest absolute Gasteiger partial charge is 0.317 e. The summed E-state index contributed by atoms with van der Waals surface area (Å²) in [5.74, 6) is 0.887. The smallest absolute Gasteiger partial charge is 0.0701 e. The van der Waals surface area contributed by atoms with Gasteiger partial charge in [0.05, 0.1) is 3.79 Å². The standard InChI is InChI=1S/C13H21BrN2S/c1-2-16(8-11-3-5-15-6-4-11)9-12-7-13(14)17-10-12/h7,10-11,15H,2-6,8-9H2,1H3. The summed E-state index contributed by atoms with van der Waals surface area (Å²) in [6.45, 7) is 8.17. The van der Waals surface area contributed by atoms with E-state index in [0.717, 1.165) is 19.0 Å². The predicted molar refractivity (Wildman–Crippen MR) is 78.6 cm³/mol. The molecule has 0 bridgehead atoms. The molecule has 0 amide bonds. The molecule has 2 nitrogen and oxygen atoms in total. The van der Waals surface area contributed by atoms with Crippen molar-refractivity contribution in [2.24, 2.45) is 5.92 Å². The average Bonchev–Trinajstić information content (AvgIpc) is 2.75. The third-order valence-electron chi connectivity index (χ3n) is 3.45. The predicted octanol–water partition coefficient (Wildman–Crippen LogP) is 3.33. The van der Waals surface area contributed by atoms with Gasteiger partial charge < -0.3 is 5.32 Å². The van der Waals surface area contributed by atoms with E-state index in [1.165, 1.54) is 41.8 Å². The Kier molecular flexibility index (Phi) is 5.48. The van der Waals surface area contributed by atoms with Crippen LogP contribution in [0.4, 0.5) is 0 Å². The van der Waals surface area contributed by atoms with Crippen molar-refractivity contribution in [1.82, 2.24) is 10.2 Å². The van der Waals surface area contributed by atoms with Crippen molar-refractivity contribution in [2.45, 2.75) is 26.3 Å². The first-order valence-electron chi connectivity index (χ1n) is 6.44. The maximum Gasteiger partial charge on any atom is 0.0701 e. The van der Waals surface area contributed by atoms with Crippen molar-refractivity contribution in [3.8, 4) is 0 Å². The quantitative estimate of drug-likeness (QED) is 0.896. The summed E-state index contributed by atoms with van der Waals surface area (Å²) in [7, 11) is 0. The lowest BCUT2D eigenvalue weighted by Gasteiger charge is -2.29. The summed E-state index contributed by atoms with van der Waals surface area (Å²) in [6, 6.07) is 2.25. The molecule has 2 heterocycles. The second-order valence-electron chi connectivity index (χ2n) is 4.78. The molecule has 0 unspecified atom stereocenters. The van der Waals surface area contributed by atoms with Gasteiger partial charge in [-0.2, -0.15) is 0 Å². The van der Waals surface area contributed by atoms with Gasteiger partial charge in [-0.05, 0) is 71.3 Å². The molecule has 0 radical (unpaired) electrons. The molecule has 0 aromatic carbocycles. The van der Waals surface area contributed by atoms with Crippen LogP contribution in [0.3, 0.4) is 0 Å². The van der Waals surface area contributed by atoms with Crippen LogP contribution in [-0.2, 0) is 6.54 Å². The molecular formula is C13H21BrN2S. The van der Waals surface area contributed by atoms with Crippen molar-refractivity contribution in [2.75, 3.05) is 26.2 Å². The first kappa shape index (κ1) is 13.5.